The summed E-state index contributed by atoms with van der Waals surface area (Å²) in [4.78, 5) is 82.1. The number of carbonyl (C=O) groups is 5. The van der Waals surface area contributed by atoms with Gasteiger partial charge in [0.2, 0.25) is 11.8 Å². The Hall–Kier alpha value is -5.96. The van der Waals surface area contributed by atoms with Gasteiger partial charge in [-0.05, 0) is 100 Å². The molecular weight excluding hydrogens is 901 g/mol. The summed E-state index contributed by atoms with van der Waals surface area (Å²) in [7, 11) is 2.00. The fourth-order valence-electron chi connectivity index (χ4n) is 12.9. The maximum Gasteiger partial charge on any atom is 0.320 e. The summed E-state index contributed by atoms with van der Waals surface area (Å²) in [6.07, 6.45) is 11.4. The van der Waals surface area contributed by atoms with Gasteiger partial charge in [0.25, 0.3) is 0 Å². The van der Waals surface area contributed by atoms with E-state index >= 15 is 4.79 Å². The summed E-state index contributed by atoms with van der Waals surface area (Å²) >= 11 is 0. The van der Waals surface area contributed by atoms with E-state index in [1.54, 1.807) is 17.9 Å². The zero-order valence-electron chi connectivity index (χ0n) is 42.5. The molecular formula is C57H66N4O10. The fourth-order valence-corrected chi connectivity index (χ4v) is 12.9. The number of hydrogen-bond acceptors (Lipinski definition) is 12. The predicted molar refractivity (Wildman–Crippen MR) is 268 cm³/mol. The van der Waals surface area contributed by atoms with E-state index in [0.717, 1.165) is 12.0 Å². The third kappa shape index (κ3) is 7.60. The molecule has 14 nitrogen and oxygen atoms in total. The summed E-state index contributed by atoms with van der Waals surface area (Å²) in [6, 6.07) is 7.42. The number of carbonyl (C=O) groups excluding carboxylic acids is 5. The van der Waals surface area contributed by atoms with Gasteiger partial charge in [0.05, 0.1) is 40.7 Å². The van der Waals surface area contributed by atoms with Crippen molar-refractivity contribution in [3.05, 3.63) is 98.7 Å². The number of piperazine rings is 1. The number of rotatable bonds is 13. The van der Waals surface area contributed by atoms with Gasteiger partial charge in [-0.15, -0.1) is 0 Å². The Kier molecular flexibility index (Phi) is 12.1. The molecule has 2 aromatic carbocycles. The molecule has 1 spiro atoms. The molecule has 5 aliphatic heterocycles. The van der Waals surface area contributed by atoms with Crippen molar-refractivity contribution in [1.82, 2.24) is 15.1 Å². The smallest absolute Gasteiger partial charge is 0.320 e. The Morgan fingerprint density at radius 2 is 1.66 bits per heavy atom. The van der Waals surface area contributed by atoms with Crippen LogP contribution in [0.5, 0.6) is 17.2 Å². The highest BCUT2D eigenvalue weighted by molar-refractivity contribution is 6.31. The van der Waals surface area contributed by atoms with Gasteiger partial charge >= 0.3 is 5.97 Å². The van der Waals surface area contributed by atoms with E-state index in [9.17, 15) is 24.3 Å². The standard InChI is InChI=1S/C57H66N4O10/c1-31(2)13-12-20-55(8)21-19-37-49(69-55)36(17-16-32(3)4)51-44(50(37)68-41(64)30-40(63)61-26-24-60(9)25-27-61)47-45-42(43-46(59-47)34-14-10-11-15-35(34)48(43)65)38-29-39-54(6,7)71-56(52(38)66,57(39,45)70-51)22-18-33(5)53(67)58-23-28-62/h10-11,13-16,18-19,21,38-39,42-43,62H,12,17,20,22-30H2,1-9H3,(H,58,67). The molecule has 7 unspecified atom stereocenters. The van der Waals surface area contributed by atoms with Crippen LogP contribution in [0.3, 0.4) is 0 Å². The average Bonchev–Trinajstić information content (AvgIpc) is 3.68. The van der Waals surface area contributed by atoms with Crippen LogP contribution in [0.4, 0.5) is 0 Å². The first kappa shape index (κ1) is 48.7. The van der Waals surface area contributed by atoms with Gasteiger partial charge in [-0.1, -0.05) is 53.6 Å². The molecule has 0 aromatic heterocycles. The predicted octanol–water partition coefficient (Wildman–Crippen LogP) is 7.16. The number of nitrogens with zero attached hydrogens (tertiary/aromatic N) is 3. The number of amides is 2. The van der Waals surface area contributed by atoms with Gasteiger partial charge in [-0.25, -0.2) is 0 Å². The summed E-state index contributed by atoms with van der Waals surface area (Å²) in [5.74, 6) is -3.57. The Bertz CT molecular complexity index is 2870. The SMILES string of the molecule is CC(C)=CCCC1(C)C=Cc2c(c(CC=C(C)C)c3c(c2OC(=O)CC(=O)N2CCN(C)CC2)C2=C4C(C5CC6C(C)(C)OC(CC=C(C)C(=O)NCCO)(C5=O)C46O3)C3C(=O)c4ccccc4C3=N2)O1. The molecule has 11 rings (SSSR count). The lowest BCUT2D eigenvalue weighted by atomic mass is 9.43. The zero-order chi connectivity index (χ0) is 50.5. The van der Waals surface area contributed by atoms with E-state index in [2.05, 4.69) is 36.2 Å². The number of likely N-dealkylation sites (N-methyl/N-ethyl adjacent to an activating group) is 1. The van der Waals surface area contributed by atoms with Crippen LogP contribution in [0.15, 0.2) is 75.9 Å². The minimum absolute atomic E-state index is 0.0406. The molecule has 2 saturated heterocycles. The summed E-state index contributed by atoms with van der Waals surface area (Å²) < 4.78 is 29.0. The number of hydrogen-bond donors (Lipinski definition) is 2. The second-order valence-electron chi connectivity index (χ2n) is 22.0. The highest BCUT2D eigenvalue weighted by Crippen LogP contribution is 2.74. The number of benzene rings is 2. The summed E-state index contributed by atoms with van der Waals surface area (Å²) in [6.45, 7) is 18.0. The average molecular weight is 967 g/mol. The van der Waals surface area contributed by atoms with Crippen LogP contribution in [0.1, 0.15) is 120 Å². The number of aliphatic imine (C=N–C) groups is 1. The minimum atomic E-state index is -1.70. The molecule has 71 heavy (non-hydrogen) atoms. The van der Waals surface area contributed by atoms with E-state index in [-0.39, 0.29) is 42.8 Å². The lowest BCUT2D eigenvalue weighted by molar-refractivity contribution is -0.182. The van der Waals surface area contributed by atoms with Crippen molar-refractivity contribution < 1.29 is 48.0 Å². The van der Waals surface area contributed by atoms with Crippen LogP contribution in [0.25, 0.3) is 11.8 Å². The molecule has 2 aromatic rings. The third-order valence-electron chi connectivity index (χ3n) is 16.3. The second-order valence-corrected chi connectivity index (χ2v) is 22.0. The number of aliphatic hydroxyl groups excluding tert-OH is 1. The van der Waals surface area contributed by atoms with Crippen molar-refractivity contribution in [2.45, 2.75) is 116 Å². The van der Waals surface area contributed by atoms with Crippen LogP contribution in [-0.4, -0.2) is 119 Å². The van der Waals surface area contributed by atoms with Gasteiger partial charge < -0.3 is 39.2 Å². The van der Waals surface area contributed by atoms with Gasteiger partial charge in [-0.2, -0.15) is 0 Å². The molecule has 3 saturated carbocycles. The maximum atomic E-state index is 16.0. The van der Waals surface area contributed by atoms with E-state index < -0.39 is 64.4 Å². The van der Waals surface area contributed by atoms with Crippen molar-refractivity contribution in [2.75, 3.05) is 46.4 Å². The number of esters is 1. The molecule has 7 atom stereocenters. The van der Waals surface area contributed by atoms with Crippen molar-refractivity contribution in [1.29, 1.82) is 0 Å². The van der Waals surface area contributed by atoms with Gasteiger partial charge in [-0.3, -0.25) is 29.0 Å². The highest BCUT2D eigenvalue weighted by Gasteiger charge is 2.84. The lowest BCUT2D eigenvalue weighted by Crippen LogP contribution is -2.75. The first-order valence-corrected chi connectivity index (χ1v) is 25.3. The first-order valence-electron chi connectivity index (χ1n) is 25.3. The van der Waals surface area contributed by atoms with Crippen molar-refractivity contribution >= 4 is 46.8 Å². The Morgan fingerprint density at radius 1 is 0.944 bits per heavy atom. The fraction of sp³-hybridized carbons (Fsp3) is 0.509. The number of nitrogens with one attached hydrogen (secondary N) is 1. The molecule has 4 aliphatic carbocycles. The van der Waals surface area contributed by atoms with Gasteiger partial charge in [0, 0.05) is 84.7 Å². The molecule has 0 radical (unpaired) electrons. The van der Waals surface area contributed by atoms with Crippen LogP contribution < -0.4 is 19.5 Å². The number of aliphatic hydroxyl groups is 1. The monoisotopic (exact) mass is 966 g/mol. The largest absolute Gasteiger partial charge is 0.482 e. The zero-order valence-corrected chi connectivity index (χ0v) is 42.5. The van der Waals surface area contributed by atoms with E-state index in [0.29, 0.717) is 107 Å². The number of allylic oxidation sites excluding steroid dienone is 4. The van der Waals surface area contributed by atoms with Crippen molar-refractivity contribution in [2.24, 2.45) is 28.7 Å². The summed E-state index contributed by atoms with van der Waals surface area (Å²) in [5, 5.41) is 12.2. The molecule has 2 N–H and O–H groups in total. The van der Waals surface area contributed by atoms with Crippen LogP contribution >= 0.6 is 0 Å². The molecule has 5 heterocycles. The first-order chi connectivity index (χ1) is 33.8. The highest BCUT2D eigenvalue weighted by atomic mass is 16.6. The van der Waals surface area contributed by atoms with E-state index in [4.69, 9.17) is 23.9 Å². The molecule has 9 aliphatic rings. The second kappa shape index (κ2) is 17.7. The van der Waals surface area contributed by atoms with Gasteiger partial charge in [0.15, 0.2) is 28.5 Å². The van der Waals surface area contributed by atoms with Crippen molar-refractivity contribution in [3.63, 3.8) is 0 Å². The molecule has 4 bridgehead atoms. The van der Waals surface area contributed by atoms with E-state index in [1.807, 2.05) is 78.1 Å². The van der Waals surface area contributed by atoms with Crippen molar-refractivity contribution in [3.8, 4) is 17.2 Å². The number of ketones is 2. The molecule has 14 heteroatoms. The topological polar surface area (TPSA) is 173 Å². The number of ether oxygens (including phenoxy) is 4. The van der Waals surface area contributed by atoms with Crippen LogP contribution in [-0.2, 0) is 30.3 Å². The minimum Gasteiger partial charge on any atom is -0.482 e. The quantitative estimate of drug-likeness (QED) is 0.0686. The van der Waals surface area contributed by atoms with Crippen LogP contribution in [0.2, 0.25) is 0 Å². The number of fused-ring (bicyclic) bond motifs is 6. The Morgan fingerprint density at radius 3 is 2.37 bits per heavy atom. The molecule has 2 amide bonds. The molecule has 5 fully saturated rings. The maximum absolute atomic E-state index is 16.0. The lowest BCUT2D eigenvalue weighted by Gasteiger charge is -2.62. The van der Waals surface area contributed by atoms with Gasteiger partial charge in [0.1, 0.15) is 23.5 Å². The number of Topliss-reactive ketones (excluding diaryl/α,β-unsaturated/α-hetero) is 2. The normalized spacial score (nSPS) is 29.2. The summed E-state index contributed by atoms with van der Waals surface area (Å²) in [5.41, 5.74) is 1.90. The van der Waals surface area contributed by atoms with Crippen LogP contribution in [0, 0.1) is 23.7 Å². The third-order valence-corrected chi connectivity index (χ3v) is 16.3. The Balaban J connectivity index is 1.25. The van der Waals surface area contributed by atoms with E-state index in [1.165, 1.54) is 5.57 Å². The molecule has 374 valence electrons. The Labute approximate surface area is 415 Å².